The summed E-state index contributed by atoms with van der Waals surface area (Å²) in [7, 11) is 0. The van der Waals surface area contributed by atoms with Crippen LogP contribution < -0.4 is 0 Å². The molecule has 2 unspecified atom stereocenters. The molecule has 0 spiro atoms. The number of fused-ring (bicyclic) bond motifs is 1. The number of hydrogen-bond donors (Lipinski definition) is 1. The maximum absolute atomic E-state index is 10.6. The van der Waals surface area contributed by atoms with Gasteiger partial charge >= 0.3 is 0 Å². The van der Waals surface area contributed by atoms with Gasteiger partial charge in [0.1, 0.15) is 0 Å². The van der Waals surface area contributed by atoms with Gasteiger partial charge < -0.3 is 5.11 Å². The Labute approximate surface area is 114 Å². The Bertz CT molecular complexity index is 556. The van der Waals surface area contributed by atoms with Gasteiger partial charge in [0.25, 0.3) is 0 Å². The molecule has 1 aliphatic rings. The lowest BCUT2D eigenvalue weighted by Gasteiger charge is -2.20. The van der Waals surface area contributed by atoms with Crippen molar-refractivity contribution in [2.75, 3.05) is 0 Å². The van der Waals surface area contributed by atoms with E-state index in [1.165, 1.54) is 16.7 Å². The number of aliphatic hydroxyl groups is 1. The molecule has 2 aromatic carbocycles. The van der Waals surface area contributed by atoms with E-state index < -0.39 is 0 Å². The molecule has 0 bridgehead atoms. The van der Waals surface area contributed by atoms with Gasteiger partial charge in [0.05, 0.1) is 6.10 Å². The Balaban J connectivity index is 1.86. The fourth-order valence-electron chi connectivity index (χ4n) is 3.10. The second-order valence-electron chi connectivity index (χ2n) is 5.38. The minimum Gasteiger partial charge on any atom is -0.388 e. The van der Waals surface area contributed by atoms with E-state index in [2.05, 4.69) is 55.5 Å². The number of aryl methyl sites for hydroxylation is 2. The van der Waals surface area contributed by atoms with Gasteiger partial charge in [-0.1, -0.05) is 55.5 Å². The van der Waals surface area contributed by atoms with Gasteiger partial charge in [0.15, 0.2) is 0 Å². The van der Waals surface area contributed by atoms with Crippen LogP contribution >= 0.6 is 0 Å². The quantitative estimate of drug-likeness (QED) is 0.875. The van der Waals surface area contributed by atoms with E-state index in [-0.39, 0.29) is 12.0 Å². The maximum Gasteiger partial charge on any atom is 0.0858 e. The van der Waals surface area contributed by atoms with Crippen LogP contribution in [0.3, 0.4) is 0 Å². The maximum atomic E-state index is 10.6. The topological polar surface area (TPSA) is 20.2 Å². The smallest absolute Gasteiger partial charge is 0.0858 e. The lowest BCUT2D eigenvalue weighted by atomic mass is 9.90. The van der Waals surface area contributed by atoms with E-state index in [4.69, 9.17) is 0 Å². The van der Waals surface area contributed by atoms with Crippen LogP contribution in [0.2, 0.25) is 0 Å². The zero-order chi connectivity index (χ0) is 13.2. The van der Waals surface area contributed by atoms with Crippen molar-refractivity contribution in [1.29, 1.82) is 0 Å². The lowest BCUT2D eigenvalue weighted by Crippen LogP contribution is -2.08. The average molecular weight is 252 g/mol. The molecule has 2 atom stereocenters. The summed E-state index contributed by atoms with van der Waals surface area (Å²) in [6.45, 7) is 2.15. The third-order valence-electron chi connectivity index (χ3n) is 4.29. The monoisotopic (exact) mass is 252 g/mol. The van der Waals surface area contributed by atoms with Crippen LogP contribution in [0.4, 0.5) is 0 Å². The lowest BCUT2D eigenvalue weighted by molar-refractivity contribution is 0.145. The largest absolute Gasteiger partial charge is 0.388 e. The first-order valence-electron chi connectivity index (χ1n) is 7.14. The van der Waals surface area contributed by atoms with E-state index in [1.54, 1.807) is 0 Å². The van der Waals surface area contributed by atoms with Gasteiger partial charge in [-0.2, -0.15) is 0 Å². The Morgan fingerprint density at radius 2 is 1.84 bits per heavy atom. The molecule has 2 aromatic rings. The van der Waals surface area contributed by atoms with Crippen molar-refractivity contribution in [3.05, 3.63) is 70.8 Å². The molecule has 0 aromatic heterocycles. The molecule has 0 radical (unpaired) electrons. The summed E-state index contributed by atoms with van der Waals surface area (Å²) < 4.78 is 0. The van der Waals surface area contributed by atoms with E-state index in [0.29, 0.717) is 0 Å². The third-order valence-corrected chi connectivity index (χ3v) is 4.29. The molecule has 98 valence electrons. The van der Waals surface area contributed by atoms with Crippen LogP contribution in [0, 0.1) is 0 Å². The Morgan fingerprint density at radius 3 is 2.58 bits per heavy atom. The Hall–Kier alpha value is -1.60. The number of rotatable bonds is 3. The van der Waals surface area contributed by atoms with Gasteiger partial charge in [-0.25, -0.2) is 0 Å². The molecule has 0 fully saturated rings. The van der Waals surface area contributed by atoms with Crippen molar-refractivity contribution in [3.8, 4) is 0 Å². The fourth-order valence-corrected chi connectivity index (χ4v) is 3.10. The van der Waals surface area contributed by atoms with Crippen molar-refractivity contribution in [1.82, 2.24) is 0 Å². The first-order valence-corrected chi connectivity index (χ1v) is 7.14. The van der Waals surface area contributed by atoms with Crippen LogP contribution in [-0.2, 0) is 12.8 Å². The van der Waals surface area contributed by atoms with Crippen molar-refractivity contribution < 1.29 is 5.11 Å². The predicted octanol–water partition coefficient (Wildman–Crippen LogP) is 4.01. The first kappa shape index (κ1) is 12.4. The summed E-state index contributed by atoms with van der Waals surface area (Å²) in [5.74, 6) is 0.253. The molecular weight excluding hydrogens is 232 g/mol. The predicted molar refractivity (Wildman–Crippen MR) is 78.3 cm³/mol. The van der Waals surface area contributed by atoms with Crippen LogP contribution in [0.5, 0.6) is 0 Å². The highest BCUT2D eigenvalue weighted by Gasteiger charge is 2.29. The van der Waals surface area contributed by atoms with Gasteiger partial charge in [-0.05, 0) is 41.5 Å². The summed E-state index contributed by atoms with van der Waals surface area (Å²) in [6, 6.07) is 16.9. The summed E-state index contributed by atoms with van der Waals surface area (Å²) >= 11 is 0. The van der Waals surface area contributed by atoms with E-state index in [0.717, 1.165) is 24.8 Å². The van der Waals surface area contributed by atoms with Crippen LogP contribution in [0.1, 0.15) is 47.6 Å². The molecule has 3 rings (SSSR count). The minimum absolute atomic E-state index is 0.253. The molecular formula is C18H20O. The van der Waals surface area contributed by atoms with Crippen molar-refractivity contribution in [2.24, 2.45) is 0 Å². The minimum atomic E-state index is -0.380. The molecule has 0 heterocycles. The highest BCUT2D eigenvalue weighted by molar-refractivity contribution is 5.38. The van der Waals surface area contributed by atoms with Gasteiger partial charge in [0.2, 0.25) is 0 Å². The summed E-state index contributed by atoms with van der Waals surface area (Å²) in [5, 5.41) is 10.6. The van der Waals surface area contributed by atoms with Gasteiger partial charge in [-0.15, -0.1) is 0 Å². The van der Waals surface area contributed by atoms with Gasteiger partial charge in [0, 0.05) is 5.92 Å². The highest BCUT2D eigenvalue weighted by atomic mass is 16.3. The number of aliphatic hydroxyl groups excluding tert-OH is 1. The molecule has 0 amide bonds. The Morgan fingerprint density at radius 1 is 1.11 bits per heavy atom. The van der Waals surface area contributed by atoms with E-state index >= 15 is 0 Å². The molecule has 0 saturated carbocycles. The third kappa shape index (κ3) is 2.31. The molecule has 0 saturated heterocycles. The number of hydrogen-bond acceptors (Lipinski definition) is 1. The van der Waals surface area contributed by atoms with Crippen molar-refractivity contribution >= 4 is 0 Å². The van der Waals surface area contributed by atoms with E-state index in [9.17, 15) is 5.11 Å². The second-order valence-corrected chi connectivity index (χ2v) is 5.38. The SMILES string of the molecule is CCc1ccc(C(O)C2CCc3ccccc32)cc1. The molecule has 1 N–H and O–H groups in total. The standard InChI is InChI=1S/C18H20O/c1-2-13-7-9-15(10-8-13)18(19)17-12-11-14-5-3-4-6-16(14)17/h3-10,17-19H,2,11-12H2,1H3. The summed E-state index contributed by atoms with van der Waals surface area (Å²) in [5.41, 5.74) is 5.09. The fraction of sp³-hybridized carbons (Fsp3) is 0.333. The summed E-state index contributed by atoms with van der Waals surface area (Å²) in [4.78, 5) is 0. The highest BCUT2D eigenvalue weighted by Crippen LogP contribution is 2.41. The van der Waals surface area contributed by atoms with Crippen molar-refractivity contribution in [2.45, 2.75) is 38.2 Å². The van der Waals surface area contributed by atoms with Crippen molar-refractivity contribution in [3.63, 3.8) is 0 Å². The van der Waals surface area contributed by atoms with Crippen LogP contribution in [-0.4, -0.2) is 5.11 Å². The molecule has 0 aliphatic heterocycles. The molecule has 1 heteroatoms. The molecule has 1 aliphatic carbocycles. The number of benzene rings is 2. The summed E-state index contributed by atoms with van der Waals surface area (Å²) in [6.07, 6.45) is 2.80. The zero-order valence-electron chi connectivity index (χ0n) is 11.3. The second kappa shape index (κ2) is 5.18. The van der Waals surface area contributed by atoms with Crippen LogP contribution in [0.15, 0.2) is 48.5 Å². The van der Waals surface area contributed by atoms with Crippen LogP contribution in [0.25, 0.3) is 0 Å². The zero-order valence-corrected chi connectivity index (χ0v) is 11.3. The molecule has 19 heavy (non-hydrogen) atoms. The van der Waals surface area contributed by atoms with E-state index in [1.807, 2.05) is 0 Å². The Kier molecular flexibility index (Phi) is 3.39. The molecule has 1 nitrogen and oxygen atoms in total. The first-order chi connectivity index (χ1) is 9.29. The average Bonchev–Trinajstić information content (AvgIpc) is 2.90. The van der Waals surface area contributed by atoms with Gasteiger partial charge in [-0.3, -0.25) is 0 Å². The normalized spacial score (nSPS) is 19.2.